The average Bonchev–Trinajstić information content (AvgIpc) is 2.75. The van der Waals surface area contributed by atoms with Gasteiger partial charge in [-0.1, -0.05) is 12.1 Å². The Kier molecular flexibility index (Phi) is 3.77. The molecule has 0 radical (unpaired) electrons. The van der Waals surface area contributed by atoms with Crippen molar-refractivity contribution in [3.8, 4) is 0 Å². The molecule has 0 aliphatic carbocycles. The van der Waals surface area contributed by atoms with Gasteiger partial charge in [0.15, 0.2) is 0 Å². The van der Waals surface area contributed by atoms with E-state index in [1.807, 2.05) is 37.0 Å². The van der Waals surface area contributed by atoms with E-state index in [1.54, 1.807) is 6.20 Å². The van der Waals surface area contributed by atoms with E-state index in [-0.39, 0.29) is 11.9 Å². The third kappa shape index (κ3) is 2.76. The predicted octanol–water partition coefficient (Wildman–Crippen LogP) is 2.75. The van der Waals surface area contributed by atoms with Crippen molar-refractivity contribution in [3.63, 3.8) is 0 Å². The van der Waals surface area contributed by atoms with Gasteiger partial charge in [0.2, 0.25) is 0 Å². The van der Waals surface area contributed by atoms with Gasteiger partial charge in [0, 0.05) is 25.5 Å². The highest BCUT2D eigenvalue weighted by Crippen LogP contribution is 2.20. The molecule has 1 aromatic heterocycles. The molecule has 1 unspecified atom stereocenters. The quantitative estimate of drug-likeness (QED) is 0.828. The Morgan fingerprint density at radius 2 is 2.00 bits per heavy atom. The molecule has 0 saturated heterocycles. The van der Waals surface area contributed by atoms with Gasteiger partial charge in [0.25, 0.3) is 0 Å². The first kappa shape index (κ1) is 12.8. The zero-order valence-corrected chi connectivity index (χ0v) is 11.0. The van der Waals surface area contributed by atoms with Crippen LogP contribution in [0.4, 0.5) is 4.39 Å². The number of imidazole rings is 1. The van der Waals surface area contributed by atoms with Crippen molar-refractivity contribution in [2.75, 3.05) is 7.05 Å². The Morgan fingerprint density at radius 1 is 1.33 bits per heavy atom. The molecule has 1 aromatic carbocycles. The summed E-state index contributed by atoms with van der Waals surface area (Å²) in [5.41, 5.74) is 1.10. The van der Waals surface area contributed by atoms with Crippen molar-refractivity contribution in [1.82, 2.24) is 14.5 Å². The van der Waals surface area contributed by atoms with Crippen LogP contribution in [0.15, 0.2) is 36.7 Å². The summed E-state index contributed by atoms with van der Waals surface area (Å²) in [6.07, 6.45) is 3.73. The topological polar surface area (TPSA) is 21.1 Å². The average molecular weight is 247 g/mol. The third-order valence-electron chi connectivity index (χ3n) is 3.33. The molecule has 3 nitrogen and oxygen atoms in total. The fraction of sp³-hybridized carbons (Fsp3) is 0.357. The molecule has 0 amide bonds. The molecule has 4 heteroatoms. The van der Waals surface area contributed by atoms with Gasteiger partial charge in [-0.15, -0.1) is 0 Å². The number of aryl methyl sites for hydroxylation is 1. The molecule has 0 saturated carbocycles. The first-order valence-electron chi connectivity index (χ1n) is 6.00. The number of hydrogen-bond donors (Lipinski definition) is 0. The van der Waals surface area contributed by atoms with Gasteiger partial charge in [-0.2, -0.15) is 0 Å². The number of hydrogen-bond acceptors (Lipinski definition) is 2. The van der Waals surface area contributed by atoms with E-state index in [2.05, 4.69) is 16.8 Å². The summed E-state index contributed by atoms with van der Waals surface area (Å²) < 4.78 is 14.9. The molecule has 0 aliphatic heterocycles. The molecule has 96 valence electrons. The van der Waals surface area contributed by atoms with Crippen LogP contribution in [0.3, 0.4) is 0 Å². The van der Waals surface area contributed by atoms with E-state index in [1.165, 1.54) is 12.1 Å². The maximum Gasteiger partial charge on any atom is 0.123 e. The second-order valence-electron chi connectivity index (χ2n) is 4.60. The lowest BCUT2D eigenvalue weighted by molar-refractivity contribution is 0.244. The molecule has 2 rings (SSSR count). The molecule has 2 aromatic rings. The van der Waals surface area contributed by atoms with Crippen molar-refractivity contribution in [3.05, 3.63) is 53.9 Å². The molecule has 0 aliphatic rings. The van der Waals surface area contributed by atoms with Crippen molar-refractivity contribution in [1.29, 1.82) is 0 Å². The van der Waals surface area contributed by atoms with E-state index < -0.39 is 0 Å². The molecule has 0 N–H and O–H groups in total. The van der Waals surface area contributed by atoms with Crippen molar-refractivity contribution >= 4 is 0 Å². The normalized spacial score (nSPS) is 12.9. The molecule has 1 atom stereocenters. The molecule has 18 heavy (non-hydrogen) atoms. The Hall–Kier alpha value is -1.68. The summed E-state index contributed by atoms with van der Waals surface area (Å²) >= 11 is 0. The van der Waals surface area contributed by atoms with E-state index >= 15 is 0 Å². The Balaban J connectivity index is 2.07. The van der Waals surface area contributed by atoms with Crippen LogP contribution in [-0.2, 0) is 13.6 Å². The molecule has 0 bridgehead atoms. The summed E-state index contributed by atoms with van der Waals surface area (Å²) in [6.45, 7) is 2.87. The van der Waals surface area contributed by atoms with Crippen molar-refractivity contribution in [2.24, 2.45) is 7.05 Å². The maximum atomic E-state index is 12.9. The summed E-state index contributed by atoms with van der Waals surface area (Å²) in [4.78, 5) is 6.50. The summed E-state index contributed by atoms with van der Waals surface area (Å²) in [5, 5.41) is 0. The fourth-order valence-electron chi connectivity index (χ4n) is 1.90. The maximum absolute atomic E-state index is 12.9. The number of aromatic nitrogens is 2. The highest BCUT2D eigenvalue weighted by molar-refractivity contribution is 5.19. The standard InChI is InChI=1S/C14H18FN3/c1-11(12-4-6-13(15)7-5-12)18(3)10-14-16-8-9-17(14)2/h4-9,11H,10H2,1-3H3. The molecular formula is C14H18FN3. The van der Waals surface area contributed by atoms with Gasteiger partial charge in [-0.05, 0) is 31.7 Å². The lowest BCUT2D eigenvalue weighted by Crippen LogP contribution is -2.23. The minimum absolute atomic E-state index is 0.197. The highest BCUT2D eigenvalue weighted by atomic mass is 19.1. The van der Waals surface area contributed by atoms with Crippen LogP contribution in [0.5, 0.6) is 0 Å². The lowest BCUT2D eigenvalue weighted by atomic mass is 10.1. The smallest absolute Gasteiger partial charge is 0.123 e. The fourth-order valence-corrected chi connectivity index (χ4v) is 1.90. The summed E-state index contributed by atoms with van der Waals surface area (Å²) in [6, 6.07) is 6.88. The monoisotopic (exact) mass is 247 g/mol. The lowest BCUT2D eigenvalue weighted by Gasteiger charge is -2.24. The number of halogens is 1. The van der Waals surface area contributed by atoms with Crippen molar-refractivity contribution < 1.29 is 4.39 Å². The summed E-state index contributed by atoms with van der Waals surface area (Å²) in [5.74, 6) is 0.823. The van der Waals surface area contributed by atoms with Gasteiger partial charge in [0.05, 0.1) is 6.54 Å². The van der Waals surface area contributed by atoms with Crippen molar-refractivity contribution in [2.45, 2.75) is 19.5 Å². The Morgan fingerprint density at radius 3 is 2.56 bits per heavy atom. The first-order valence-corrected chi connectivity index (χ1v) is 6.00. The van der Waals surface area contributed by atoms with Gasteiger partial charge in [-0.3, -0.25) is 4.90 Å². The number of benzene rings is 1. The van der Waals surface area contributed by atoms with Gasteiger partial charge in [0.1, 0.15) is 11.6 Å². The van der Waals surface area contributed by atoms with Gasteiger partial charge < -0.3 is 4.57 Å². The van der Waals surface area contributed by atoms with Crippen LogP contribution < -0.4 is 0 Å². The molecule has 0 fully saturated rings. The van der Waals surface area contributed by atoms with Crippen LogP contribution in [0, 0.1) is 5.82 Å². The Bertz CT molecular complexity index is 504. The number of nitrogens with zero attached hydrogens (tertiary/aromatic N) is 3. The Labute approximate surface area is 107 Å². The van der Waals surface area contributed by atoms with Crippen LogP contribution in [0.1, 0.15) is 24.4 Å². The van der Waals surface area contributed by atoms with Crippen LogP contribution in [0.2, 0.25) is 0 Å². The first-order chi connectivity index (χ1) is 8.58. The zero-order valence-electron chi connectivity index (χ0n) is 11.0. The minimum atomic E-state index is -0.197. The molecule has 1 heterocycles. The van der Waals surface area contributed by atoms with Gasteiger partial charge >= 0.3 is 0 Å². The SMILES string of the molecule is CC(c1ccc(F)cc1)N(C)Cc1nccn1C. The zero-order chi connectivity index (χ0) is 13.1. The van der Waals surface area contributed by atoms with E-state index in [0.717, 1.165) is 17.9 Å². The van der Waals surface area contributed by atoms with Crippen LogP contribution in [0.25, 0.3) is 0 Å². The van der Waals surface area contributed by atoms with Gasteiger partial charge in [-0.25, -0.2) is 9.37 Å². The number of rotatable bonds is 4. The predicted molar refractivity (Wildman–Crippen MR) is 69.5 cm³/mol. The molecular weight excluding hydrogens is 229 g/mol. The molecule has 0 spiro atoms. The third-order valence-corrected chi connectivity index (χ3v) is 3.33. The van der Waals surface area contributed by atoms with Crippen LogP contribution in [-0.4, -0.2) is 21.5 Å². The highest BCUT2D eigenvalue weighted by Gasteiger charge is 2.13. The van der Waals surface area contributed by atoms with E-state index in [4.69, 9.17) is 0 Å². The summed E-state index contributed by atoms with van der Waals surface area (Å²) in [7, 11) is 4.03. The van der Waals surface area contributed by atoms with E-state index in [9.17, 15) is 4.39 Å². The van der Waals surface area contributed by atoms with E-state index in [0.29, 0.717) is 0 Å². The second kappa shape index (κ2) is 5.31. The second-order valence-corrected chi connectivity index (χ2v) is 4.60. The largest absolute Gasteiger partial charge is 0.337 e. The minimum Gasteiger partial charge on any atom is -0.337 e. The van der Waals surface area contributed by atoms with Crippen LogP contribution >= 0.6 is 0 Å².